The van der Waals surface area contributed by atoms with Gasteiger partial charge in [-0.3, -0.25) is 4.79 Å². The van der Waals surface area contributed by atoms with Gasteiger partial charge in [0.1, 0.15) is 0 Å². The van der Waals surface area contributed by atoms with Crippen molar-refractivity contribution in [3.63, 3.8) is 0 Å². The van der Waals surface area contributed by atoms with Crippen LogP contribution in [-0.2, 0) is 4.79 Å². The van der Waals surface area contributed by atoms with Gasteiger partial charge in [0.2, 0.25) is 6.79 Å². The van der Waals surface area contributed by atoms with E-state index in [1.54, 1.807) is 0 Å². The fourth-order valence-electron chi connectivity index (χ4n) is 3.30. The second-order valence-electron chi connectivity index (χ2n) is 6.37. The van der Waals surface area contributed by atoms with Crippen LogP contribution in [0.15, 0.2) is 48.5 Å². The number of hydrogen-bond acceptors (Lipinski definition) is 4. The summed E-state index contributed by atoms with van der Waals surface area (Å²) in [5.41, 5.74) is 2.00. The van der Waals surface area contributed by atoms with E-state index in [9.17, 15) is 4.79 Å². The van der Waals surface area contributed by atoms with Crippen LogP contribution < -0.4 is 24.6 Å². The monoisotopic (exact) mass is 340 g/mol. The molecule has 25 heavy (non-hydrogen) atoms. The van der Waals surface area contributed by atoms with Crippen LogP contribution in [0.5, 0.6) is 11.5 Å². The number of ether oxygens (including phenoxy) is 2. The highest BCUT2D eigenvalue weighted by atomic mass is 16.7. The average Bonchev–Trinajstić information content (AvgIpc) is 3.11. The minimum atomic E-state index is 0.0297. The molecule has 2 N–H and O–H groups in total. The molecule has 4 rings (SSSR count). The Morgan fingerprint density at radius 1 is 1.04 bits per heavy atom. The van der Waals surface area contributed by atoms with E-state index in [-0.39, 0.29) is 12.7 Å². The van der Waals surface area contributed by atoms with Gasteiger partial charge >= 0.3 is 0 Å². The third-order valence-electron chi connectivity index (χ3n) is 4.66. The van der Waals surface area contributed by atoms with E-state index in [1.807, 2.05) is 24.3 Å². The number of amides is 1. The fourth-order valence-corrected chi connectivity index (χ4v) is 3.30. The summed E-state index contributed by atoms with van der Waals surface area (Å²) in [5.74, 6) is 1.43. The highest BCUT2D eigenvalue weighted by Crippen LogP contribution is 2.34. The number of piperazine rings is 1. The van der Waals surface area contributed by atoms with Crippen molar-refractivity contribution >= 4 is 17.3 Å². The van der Waals surface area contributed by atoms with E-state index in [1.165, 1.54) is 10.6 Å². The minimum Gasteiger partial charge on any atom is -0.454 e. The number of nitrogens with one attached hydrogen (secondary N) is 2. The summed E-state index contributed by atoms with van der Waals surface area (Å²) >= 11 is 0. The minimum absolute atomic E-state index is 0.0297. The van der Waals surface area contributed by atoms with Crippen LogP contribution in [0.4, 0.5) is 11.4 Å². The zero-order chi connectivity index (χ0) is 17.1. The van der Waals surface area contributed by atoms with Gasteiger partial charge in [-0.15, -0.1) is 0 Å². The highest BCUT2D eigenvalue weighted by Gasteiger charge is 2.22. The first-order chi connectivity index (χ1) is 12.3. The van der Waals surface area contributed by atoms with Crippen molar-refractivity contribution in [1.29, 1.82) is 0 Å². The average molecular weight is 340 g/mol. The van der Waals surface area contributed by atoms with Crippen LogP contribution in [0.2, 0.25) is 0 Å². The molecule has 0 aliphatic carbocycles. The summed E-state index contributed by atoms with van der Waals surface area (Å²) in [6.07, 6.45) is 0. The Bertz CT molecular complexity index is 743. The number of nitrogens with zero attached hydrogens (tertiary/aromatic N) is 1. The molecule has 0 unspecified atom stereocenters. The van der Waals surface area contributed by atoms with Gasteiger partial charge in [0.05, 0.1) is 26.2 Å². The van der Waals surface area contributed by atoms with Gasteiger partial charge in [-0.25, -0.2) is 0 Å². The van der Waals surface area contributed by atoms with Gasteiger partial charge in [0.25, 0.3) is 5.91 Å². The molecule has 2 heterocycles. The number of hydrogen-bond donors (Lipinski definition) is 2. The maximum atomic E-state index is 12.3. The molecule has 0 aromatic heterocycles. The predicted octanol–water partition coefficient (Wildman–Crippen LogP) is 0.759. The number of carbonyl (C=O) groups is 1. The zero-order valence-electron chi connectivity index (χ0n) is 14.0. The molecule has 6 nitrogen and oxygen atoms in total. The molecule has 0 radical (unpaired) electrons. The van der Waals surface area contributed by atoms with E-state index in [0.717, 1.165) is 37.6 Å². The first-order valence-electron chi connectivity index (χ1n) is 8.61. The molecule has 0 spiro atoms. The number of benzene rings is 2. The summed E-state index contributed by atoms with van der Waals surface area (Å²) in [6, 6.07) is 15.9. The van der Waals surface area contributed by atoms with Crippen LogP contribution in [0.3, 0.4) is 0 Å². The highest BCUT2D eigenvalue weighted by molar-refractivity contribution is 5.91. The van der Waals surface area contributed by atoms with Gasteiger partial charge in [-0.2, -0.15) is 0 Å². The zero-order valence-corrected chi connectivity index (χ0v) is 14.0. The van der Waals surface area contributed by atoms with Crippen LogP contribution in [0.1, 0.15) is 0 Å². The molecule has 2 aliphatic heterocycles. The van der Waals surface area contributed by atoms with E-state index in [0.29, 0.717) is 12.3 Å². The second-order valence-corrected chi connectivity index (χ2v) is 6.37. The molecular weight excluding hydrogens is 318 g/mol. The van der Waals surface area contributed by atoms with E-state index in [4.69, 9.17) is 9.47 Å². The Labute approximate surface area is 146 Å². The van der Waals surface area contributed by atoms with Crippen molar-refractivity contribution in [2.24, 2.45) is 0 Å². The van der Waals surface area contributed by atoms with Gasteiger partial charge in [0.15, 0.2) is 18.0 Å². The molecule has 1 saturated heterocycles. The fraction of sp³-hybridized carbons (Fsp3) is 0.316. The SMILES string of the molecule is O=C(C[NH+]1CCN(c2ccccc2)CC1)Nc1ccc2c(c1)OCO2. The molecule has 1 amide bonds. The van der Waals surface area contributed by atoms with Gasteiger partial charge in [-0.1, -0.05) is 18.2 Å². The van der Waals surface area contributed by atoms with Gasteiger partial charge in [0, 0.05) is 17.4 Å². The van der Waals surface area contributed by atoms with E-state index in [2.05, 4.69) is 34.5 Å². The van der Waals surface area contributed by atoms with Crippen LogP contribution in [0.25, 0.3) is 0 Å². The van der Waals surface area contributed by atoms with Crippen LogP contribution in [0, 0.1) is 0 Å². The van der Waals surface area contributed by atoms with Gasteiger partial charge in [-0.05, 0) is 24.3 Å². The lowest BCUT2D eigenvalue weighted by atomic mass is 10.2. The molecule has 0 saturated carbocycles. The Morgan fingerprint density at radius 2 is 1.80 bits per heavy atom. The van der Waals surface area contributed by atoms with E-state index < -0.39 is 0 Å². The second kappa shape index (κ2) is 7.03. The lowest BCUT2D eigenvalue weighted by molar-refractivity contribution is -0.892. The van der Waals surface area contributed by atoms with Crippen molar-refractivity contribution in [3.8, 4) is 11.5 Å². The first-order valence-corrected chi connectivity index (χ1v) is 8.61. The lowest BCUT2D eigenvalue weighted by Crippen LogP contribution is -3.15. The summed E-state index contributed by atoms with van der Waals surface area (Å²) in [6.45, 7) is 4.58. The third-order valence-corrected chi connectivity index (χ3v) is 4.66. The van der Waals surface area contributed by atoms with E-state index >= 15 is 0 Å². The molecule has 130 valence electrons. The van der Waals surface area contributed by atoms with Crippen molar-refractivity contribution in [3.05, 3.63) is 48.5 Å². The van der Waals surface area contributed by atoms with Crippen molar-refractivity contribution in [2.45, 2.75) is 0 Å². The summed E-state index contributed by atoms with van der Waals surface area (Å²) < 4.78 is 10.6. The maximum absolute atomic E-state index is 12.3. The number of quaternary nitrogens is 1. The quantitative estimate of drug-likeness (QED) is 0.863. The lowest BCUT2D eigenvalue weighted by Gasteiger charge is -2.33. The Kier molecular flexibility index (Phi) is 4.43. The molecule has 0 atom stereocenters. The Hall–Kier alpha value is -2.73. The summed E-state index contributed by atoms with van der Waals surface area (Å²) in [4.78, 5) is 16.0. The normalized spacial score (nSPS) is 16.7. The van der Waals surface area contributed by atoms with Crippen molar-refractivity contribution in [2.75, 3.05) is 49.7 Å². The predicted molar refractivity (Wildman–Crippen MR) is 95.4 cm³/mol. The number of anilines is 2. The number of carbonyl (C=O) groups excluding carboxylic acids is 1. The standard InChI is InChI=1S/C19H21N3O3/c23-19(20-15-6-7-17-18(12-15)25-14-24-17)13-21-8-10-22(11-9-21)16-4-2-1-3-5-16/h1-7,12H,8-11,13-14H2,(H,20,23)/p+1. The first kappa shape index (κ1) is 15.8. The number of rotatable bonds is 4. The molecule has 1 fully saturated rings. The smallest absolute Gasteiger partial charge is 0.279 e. The van der Waals surface area contributed by atoms with Crippen LogP contribution in [-0.4, -0.2) is 45.4 Å². The molecule has 6 heteroatoms. The molecule has 0 bridgehead atoms. The molecule has 2 aromatic rings. The topological polar surface area (TPSA) is 55.2 Å². The Balaban J connectivity index is 1.28. The summed E-state index contributed by atoms with van der Waals surface area (Å²) in [5, 5.41) is 2.95. The van der Waals surface area contributed by atoms with Crippen molar-refractivity contribution < 1.29 is 19.2 Å². The van der Waals surface area contributed by atoms with Crippen LogP contribution >= 0.6 is 0 Å². The molecule has 2 aliphatic rings. The summed E-state index contributed by atoms with van der Waals surface area (Å²) in [7, 11) is 0. The van der Waals surface area contributed by atoms with Crippen molar-refractivity contribution in [1.82, 2.24) is 0 Å². The number of fused-ring (bicyclic) bond motifs is 1. The molecular formula is C19H22N3O3+. The van der Waals surface area contributed by atoms with Gasteiger partial charge < -0.3 is 24.6 Å². The Morgan fingerprint density at radius 3 is 2.60 bits per heavy atom. The maximum Gasteiger partial charge on any atom is 0.279 e. The third kappa shape index (κ3) is 3.69. The largest absolute Gasteiger partial charge is 0.454 e. The molecule has 2 aromatic carbocycles. The number of para-hydroxylation sites is 1.